The van der Waals surface area contributed by atoms with E-state index in [0.717, 1.165) is 28.2 Å². The van der Waals surface area contributed by atoms with Gasteiger partial charge in [0, 0.05) is 38.4 Å². The first-order valence-electron chi connectivity index (χ1n) is 9.11. The van der Waals surface area contributed by atoms with Crippen molar-refractivity contribution in [1.29, 1.82) is 0 Å². The molecular formula is C22H20Cl2N4O2. The van der Waals surface area contributed by atoms with Gasteiger partial charge in [-0.2, -0.15) is 5.10 Å². The Morgan fingerprint density at radius 1 is 0.967 bits per heavy atom. The molecule has 0 aliphatic heterocycles. The number of rotatable bonds is 4. The lowest BCUT2D eigenvalue weighted by atomic mass is 10.2. The largest absolute Gasteiger partial charge is 0.329 e. The summed E-state index contributed by atoms with van der Waals surface area (Å²) in [4.78, 5) is 24.2. The molecule has 0 bridgehead atoms. The Hall–Kier alpha value is -3.09. The molecule has 0 unspecified atom stereocenters. The van der Waals surface area contributed by atoms with Crippen molar-refractivity contribution in [1.82, 2.24) is 9.99 Å². The van der Waals surface area contributed by atoms with Crippen molar-refractivity contribution in [2.75, 3.05) is 5.32 Å². The molecule has 0 atom stereocenters. The second kappa shape index (κ2) is 9.15. The smallest absolute Gasteiger partial charge is 0.318 e. The summed E-state index contributed by atoms with van der Waals surface area (Å²) >= 11 is 12.0. The summed E-state index contributed by atoms with van der Waals surface area (Å²) in [6.07, 6.45) is 1.50. The van der Waals surface area contributed by atoms with Crippen LogP contribution in [-0.4, -0.2) is 22.6 Å². The number of anilines is 1. The standard InChI is InChI=1S/C22H20Cl2N4O2/c1-13-7-8-18(24)11-20(13)26-21(29)22(30)27-25-12-16-9-14(2)28(15(16)3)19-6-4-5-17(23)10-19/h4-12H,1-3H3,(H,26,29)(H,27,30)/b25-12-. The summed E-state index contributed by atoms with van der Waals surface area (Å²) in [6.45, 7) is 5.70. The van der Waals surface area contributed by atoms with E-state index in [1.807, 2.05) is 48.7 Å². The summed E-state index contributed by atoms with van der Waals surface area (Å²) < 4.78 is 2.03. The van der Waals surface area contributed by atoms with Crippen LogP contribution in [0.15, 0.2) is 53.6 Å². The van der Waals surface area contributed by atoms with Crippen molar-refractivity contribution >= 4 is 46.9 Å². The zero-order valence-electron chi connectivity index (χ0n) is 16.7. The highest BCUT2D eigenvalue weighted by Crippen LogP contribution is 2.22. The van der Waals surface area contributed by atoms with Gasteiger partial charge in [-0.3, -0.25) is 9.59 Å². The monoisotopic (exact) mass is 442 g/mol. The van der Waals surface area contributed by atoms with Crippen molar-refractivity contribution in [2.45, 2.75) is 20.8 Å². The van der Waals surface area contributed by atoms with E-state index in [1.165, 1.54) is 6.21 Å². The Morgan fingerprint density at radius 2 is 1.70 bits per heavy atom. The summed E-state index contributed by atoms with van der Waals surface area (Å²) in [5.74, 6) is -1.71. The maximum atomic E-state index is 12.1. The number of aryl methyl sites for hydroxylation is 2. The topological polar surface area (TPSA) is 75.5 Å². The van der Waals surface area contributed by atoms with Gasteiger partial charge in [-0.25, -0.2) is 5.43 Å². The molecule has 0 spiro atoms. The number of nitrogens with zero attached hydrogens (tertiary/aromatic N) is 2. The minimum absolute atomic E-state index is 0.462. The number of carbonyl (C=O) groups excluding carboxylic acids is 2. The molecule has 154 valence electrons. The lowest BCUT2D eigenvalue weighted by molar-refractivity contribution is -0.136. The number of halogens is 2. The summed E-state index contributed by atoms with van der Waals surface area (Å²) in [5, 5.41) is 7.55. The van der Waals surface area contributed by atoms with Gasteiger partial charge in [0.25, 0.3) is 0 Å². The summed E-state index contributed by atoms with van der Waals surface area (Å²) in [5.41, 5.74) is 7.14. The first-order valence-corrected chi connectivity index (χ1v) is 9.87. The highest BCUT2D eigenvalue weighted by atomic mass is 35.5. The molecule has 0 saturated heterocycles. The Kier molecular flexibility index (Phi) is 6.59. The molecule has 0 saturated carbocycles. The molecule has 0 aliphatic carbocycles. The van der Waals surface area contributed by atoms with E-state index < -0.39 is 11.8 Å². The van der Waals surface area contributed by atoms with Crippen molar-refractivity contribution in [3.05, 3.63) is 81.1 Å². The van der Waals surface area contributed by atoms with Gasteiger partial charge in [0.2, 0.25) is 0 Å². The predicted molar refractivity (Wildman–Crippen MR) is 121 cm³/mol. The molecule has 30 heavy (non-hydrogen) atoms. The normalized spacial score (nSPS) is 11.0. The number of carbonyl (C=O) groups is 2. The fourth-order valence-corrected chi connectivity index (χ4v) is 3.41. The van der Waals surface area contributed by atoms with Crippen LogP contribution in [0.25, 0.3) is 5.69 Å². The van der Waals surface area contributed by atoms with Gasteiger partial charge in [-0.1, -0.05) is 35.3 Å². The Morgan fingerprint density at radius 3 is 2.43 bits per heavy atom. The average molecular weight is 443 g/mol. The molecule has 3 aromatic rings. The number of hydrogen-bond acceptors (Lipinski definition) is 3. The van der Waals surface area contributed by atoms with Crippen LogP contribution in [0.4, 0.5) is 5.69 Å². The van der Waals surface area contributed by atoms with E-state index in [-0.39, 0.29) is 0 Å². The number of hydrogen-bond donors (Lipinski definition) is 2. The highest BCUT2D eigenvalue weighted by molar-refractivity contribution is 6.40. The molecule has 2 N–H and O–H groups in total. The molecule has 6 nitrogen and oxygen atoms in total. The van der Waals surface area contributed by atoms with Crippen LogP contribution >= 0.6 is 23.2 Å². The SMILES string of the molecule is Cc1ccc(Cl)cc1NC(=O)C(=O)N/N=C\c1cc(C)n(-c2cccc(Cl)c2)c1C. The first-order chi connectivity index (χ1) is 14.3. The van der Waals surface area contributed by atoms with E-state index in [0.29, 0.717) is 15.7 Å². The second-order valence-electron chi connectivity index (χ2n) is 6.75. The zero-order chi connectivity index (χ0) is 21.8. The molecular weight excluding hydrogens is 423 g/mol. The van der Waals surface area contributed by atoms with E-state index in [1.54, 1.807) is 25.1 Å². The lowest BCUT2D eigenvalue weighted by Gasteiger charge is -2.09. The molecule has 3 rings (SSSR count). The number of amides is 2. The molecule has 0 radical (unpaired) electrons. The van der Waals surface area contributed by atoms with Crippen molar-refractivity contribution in [3.63, 3.8) is 0 Å². The second-order valence-corrected chi connectivity index (χ2v) is 7.63. The number of nitrogens with one attached hydrogen (secondary N) is 2. The predicted octanol–water partition coefficient (Wildman–Crippen LogP) is 4.80. The van der Waals surface area contributed by atoms with E-state index in [4.69, 9.17) is 23.2 Å². The third-order valence-corrected chi connectivity index (χ3v) is 5.03. The molecule has 1 aromatic heterocycles. The van der Waals surface area contributed by atoms with Gasteiger partial charge >= 0.3 is 11.8 Å². The number of hydrazone groups is 1. The fourth-order valence-electron chi connectivity index (χ4n) is 3.05. The van der Waals surface area contributed by atoms with Crippen molar-refractivity contribution < 1.29 is 9.59 Å². The van der Waals surface area contributed by atoms with Crippen molar-refractivity contribution in [2.24, 2.45) is 5.10 Å². The minimum Gasteiger partial charge on any atom is -0.318 e. The molecule has 0 aliphatic rings. The summed E-state index contributed by atoms with van der Waals surface area (Å²) in [7, 11) is 0. The maximum absolute atomic E-state index is 12.1. The van der Waals surface area contributed by atoms with Crippen LogP contribution in [0.5, 0.6) is 0 Å². The zero-order valence-corrected chi connectivity index (χ0v) is 18.2. The Labute approximate surface area is 184 Å². The lowest BCUT2D eigenvalue weighted by Crippen LogP contribution is -2.32. The molecule has 0 fully saturated rings. The molecule has 2 aromatic carbocycles. The quantitative estimate of drug-likeness (QED) is 0.345. The first kappa shape index (κ1) is 21.6. The van der Waals surface area contributed by atoms with Crippen LogP contribution in [0, 0.1) is 20.8 Å². The van der Waals surface area contributed by atoms with Gasteiger partial charge in [0.05, 0.1) is 6.21 Å². The van der Waals surface area contributed by atoms with Crippen molar-refractivity contribution in [3.8, 4) is 5.69 Å². The van der Waals surface area contributed by atoms with E-state index in [2.05, 4.69) is 15.8 Å². The van der Waals surface area contributed by atoms with Crippen LogP contribution in [0.2, 0.25) is 10.0 Å². The van der Waals surface area contributed by atoms with Gasteiger partial charge in [-0.15, -0.1) is 0 Å². The average Bonchev–Trinajstić information content (AvgIpc) is 2.98. The van der Waals surface area contributed by atoms with Crippen LogP contribution in [0.1, 0.15) is 22.5 Å². The maximum Gasteiger partial charge on any atom is 0.329 e. The van der Waals surface area contributed by atoms with Crippen LogP contribution < -0.4 is 10.7 Å². The molecule has 2 amide bonds. The van der Waals surface area contributed by atoms with Crippen LogP contribution in [0.3, 0.4) is 0 Å². The fraction of sp³-hybridized carbons (Fsp3) is 0.136. The van der Waals surface area contributed by atoms with Gasteiger partial charge in [0.1, 0.15) is 0 Å². The van der Waals surface area contributed by atoms with E-state index in [9.17, 15) is 9.59 Å². The third kappa shape index (κ3) is 4.90. The number of aromatic nitrogens is 1. The Bertz CT molecular complexity index is 1150. The van der Waals surface area contributed by atoms with Gasteiger partial charge in [-0.05, 0) is 62.7 Å². The van der Waals surface area contributed by atoms with Crippen LogP contribution in [-0.2, 0) is 9.59 Å². The van der Waals surface area contributed by atoms with Gasteiger partial charge in [0.15, 0.2) is 0 Å². The molecule has 1 heterocycles. The summed E-state index contributed by atoms with van der Waals surface area (Å²) in [6, 6.07) is 14.5. The van der Waals surface area contributed by atoms with E-state index >= 15 is 0 Å². The molecule has 8 heteroatoms. The highest BCUT2D eigenvalue weighted by Gasteiger charge is 2.15. The van der Waals surface area contributed by atoms with Gasteiger partial charge < -0.3 is 9.88 Å². The number of benzene rings is 2. The third-order valence-electron chi connectivity index (χ3n) is 4.56. The Balaban J connectivity index is 1.69. The minimum atomic E-state index is -0.880.